The zero-order valence-corrected chi connectivity index (χ0v) is 12.8. The summed E-state index contributed by atoms with van der Waals surface area (Å²) >= 11 is 3.40. The molecule has 1 fully saturated rings. The molecule has 20 heavy (non-hydrogen) atoms. The molecular formula is C14H16BrN3O2. The highest BCUT2D eigenvalue weighted by atomic mass is 79.9. The minimum atomic E-state index is -0.357. The number of rotatable bonds is 3. The van der Waals surface area contributed by atoms with Crippen LogP contribution in [0.2, 0.25) is 0 Å². The van der Waals surface area contributed by atoms with Gasteiger partial charge < -0.3 is 15.0 Å². The standard InChI is InChI=1S/C14H16BrN3O2/c1-2-20-14(19)13-9-17-3-4-18(13)12-6-10(8-16)5-11(15)7-12/h5-7,13,17H,2-4,9H2,1H3. The van der Waals surface area contributed by atoms with Gasteiger partial charge in [0.1, 0.15) is 6.04 Å². The lowest BCUT2D eigenvalue weighted by Gasteiger charge is -2.36. The number of anilines is 1. The van der Waals surface area contributed by atoms with Gasteiger partial charge in [0.25, 0.3) is 0 Å². The van der Waals surface area contributed by atoms with E-state index in [2.05, 4.69) is 27.3 Å². The van der Waals surface area contributed by atoms with E-state index in [-0.39, 0.29) is 12.0 Å². The zero-order valence-electron chi connectivity index (χ0n) is 11.2. The molecule has 106 valence electrons. The molecule has 1 aromatic rings. The SMILES string of the molecule is CCOC(=O)C1CNCCN1c1cc(Br)cc(C#N)c1. The second-order valence-corrected chi connectivity index (χ2v) is 5.39. The van der Waals surface area contributed by atoms with Crippen LogP contribution in [-0.2, 0) is 9.53 Å². The molecule has 0 aliphatic carbocycles. The van der Waals surface area contributed by atoms with Crippen molar-refractivity contribution in [1.29, 1.82) is 5.26 Å². The lowest BCUT2D eigenvalue weighted by atomic mass is 10.1. The van der Waals surface area contributed by atoms with Crippen LogP contribution in [0.5, 0.6) is 0 Å². The van der Waals surface area contributed by atoms with Crippen LogP contribution in [-0.4, -0.2) is 38.3 Å². The van der Waals surface area contributed by atoms with Crippen LogP contribution < -0.4 is 10.2 Å². The van der Waals surface area contributed by atoms with Crippen molar-refractivity contribution in [2.75, 3.05) is 31.1 Å². The zero-order chi connectivity index (χ0) is 14.5. The van der Waals surface area contributed by atoms with Crippen LogP contribution in [0.3, 0.4) is 0 Å². The van der Waals surface area contributed by atoms with Crippen molar-refractivity contribution in [2.24, 2.45) is 0 Å². The summed E-state index contributed by atoms with van der Waals surface area (Å²) < 4.78 is 5.95. The second-order valence-electron chi connectivity index (χ2n) is 4.48. The van der Waals surface area contributed by atoms with Gasteiger partial charge >= 0.3 is 5.97 Å². The van der Waals surface area contributed by atoms with Gasteiger partial charge in [0.05, 0.1) is 18.2 Å². The number of esters is 1. The highest BCUT2D eigenvalue weighted by Crippen LogP contribution is 2.25. The first kappa shape index (κ1) is 14.8. The van der Waals surface area contributed by atoms with Crippen LogP contribution >= 0.6 is 15.9 Å². The molecule has 0 saturated carbocycles. The van der Waals surface area contributed by atoms with Gasteiger partial charge in [-0.1, -0.05) is 15.9 Å². The molecule has 6 heteroatoms. The Morgan fingerprint density at radius 2 is 2.40 bits per heavy atom. The number of carbonyl (C=O) groups is 1. The first-order valence-corrected chi connectivity index (χ1v) is 7.29. The van der Waals surface area contributed by atoms with Crippen molar-refractivity contribution in [1.82, 2.24) is 5.32 Å². The van der Waals surface area contributed by atoms with Crippen LogP contribution in [0, 0.1) is 11.3 Å². The summed E-state index contributed by atoms with van der Waals surface area (Å²) in [6, 6.07) is 7.24. The van der Waals surface area contributed by atoms with Crippen molar-refractivity contribution < 1.29 is 9.53 Å². The summed E-state index contributed by atoms with van der Waals surface area (Å²) in [5.41, 5.74) is 1.42. The van der Waals surface area contributed by atoms with E-state index in [1.165, 1.54) is 0 Å². The highest BCUT2D eigenvalue weighted by molar-refractivity contribution is 9.10. The largest absolute Gasteiger partial charge is 0.464 e. The monoisotopic (exact) mass is 337 g/mol. The van der Waals surface area contributed by atoms with Crippen LogP contribution in [0.4, 0.5) is 5.69 Å². The molecule has 5 nitrogen and oxygen atoms in total. The highest BCUT2D eigenvalue weighted by Gasteiger charge is 2.30. The van der Waals surface area contributed by atoms with Crippen molar-refractivity contribution in [3.8, 4) is 6.07 Å². The lowest BCUT2D eigenvalue weighted by molar-refractivity contribution is -0.144. The van der Waals surface area contributed by atoms with E-state index in [0.29, 0.717) is 25.3 Å². The smallest absolute Gasteiger partial charge is 0.330 e. The van der Waals surface area contributed by atoms with Gasteiger partial charge in [-0.15, -0.1) is 0 Å². The number of nitrogens with zero attached hydrogens (tertiary/aromatic N) is 2. The molecular weight excluding hydrogens is 322 g/mol. The average Bonchev–Trinajstić information content (AvgIpc) is 2.46. The van der Waals surface area contributed by atoms with E-state index in [1.54, 1.807) is 19.1 Å². The van der Waals surface area contributed by atoms with E-state index in [4.69, 9.17) is 10.00 Å². The van der Waals surface area contributed by atoms with Crippen molar-refractivity contribution in [2.45, 2.75) is 13.0 Å². The number of piperazine rings is 1. The molecule has 1 aliphatic rings. The normalized spacial score (nSPS) is 18.4. The Morgan fingerprint density at radius 1 is 1.60 bits per heavy atom. The van der Waals surface area contributed by atoms with E-state index in [9.17, 15) is 4.79 Å². The minimum Gasteiger partial charge on any atom is -0.464 e. The maximum atomic E-state index is 12.0. The molecule has 1 heterocycles. The Kier molecular flexibility index (Phi) is 4.99. The fourth-order valence-electron chi connectivity index (χ4n) is 2.27. The molecule has 0 bridgehead atoms. The number of ether oxygens (including phenoxy) is 1. The molecule has 0 amide bonds. The quantitative estimate of drug-likeness (QED) is 0.850. The summed E-state index contributed by atoms with van der Waals surface area (Å²) in [6.45, 7) is 4.21. The summed E-state index contributed by atoms with van der Waals surface area (Å²) in [6.07, 6.45) is 0. The maximum absolute atomic E-state index is 12.0. The van der Waals surface area contributed by atoms with Crippen LogP contribution in [0.1, 0.15) is 12.5 Å². The van der Waals surface area contributed by atoms with E-state index in [1.807, 2.05) is 11.0 Å². The Morgan fingerprint density at radius 3 is 3.10 bits per heavy atom. The third-order valence-corrected chi connectivity index (χ3v) is 3.60. The predicted molar refractivity (Wildman–Crippen MR) is 79.5 cm³/mol. The van der Waals surface area contributed by atoms with E-state index >= 15 is 0 Å². The number of carbonyl (C=O) groups excluding carboxylic acids is 1. The molecule has 0 aromatic heterocycles. The molecule has 1 aliphatic heterocycles. The summed E-state index contributed by atoms with van der Waals surface area (Å²) in [7, 11) is 0. The average molecular weight is 338 g/mol. The van der Waals surface area contributed by atoms with Crippen LogP contribution in [0.25, 0.3) is 0 Å². The molecule has 1 atom stereocenters. The van der Waals surface area contributed by atoms with Gasteiger partial charge in [-0.3, -0.25) is 0 Å². The Hall–Kier alpha value is -1.58. The molecule has 1 aromatic carbocycles. The molecule has 1 saturated heterocycles. The first-order valence-electron chi connectivity index (χ1n) is 6.50. The van der Waals surface area contributed by atoms with Gasteiger partial charge in [-0.2, -0.15) is 5.26 Å². The van der Waals surface area contributed by atoms with Gasteiger partial charge in [-0.25, -0.2) is 4.79 Å². The van der Waals surface area contributed by atoms with Crippen molar-refractivity contribution in [3.63, 3.8) is 0 Å². The molecule has 1 N–H and O–H groups in total. The summed E-state index contributed by atoms with van der Waals surface area (Å²) in [5.74, 6) is -0.238. The number of hydrogen-bond acceptors (Lipinski definition) is 5. The molecule has 0 radical (unpaired) electrons. The number of hydrogen-bond donors (Lipinski definition) is 1. The van der Waals surface area contributed by atoms with E-state index < -0.39 is 0 Å². The van der Waals surface area contributed by atoms with Gasteiger partial charge in [0, 0.05) is 29.8 Å². The summed E-state index contributed by atoms with van der Waals surface area (Å²) in [5, 5.41) is 12.2. The molecule has 1 unspecified atom stereocenters. The molecule has 2 rings (SSSR count). The fraction of sp³-hybridized carbons (Fsp3) is 0.429. The Bertz CT molecular complexity index is 542. The number of nitrogens with one attached hydrogen (secondary N) is 1. The Labute approximate surface area is 126 Å². The third kappa shape index (κ3) is 3.30. The minimum absolute atomic E-state index is 0.238. The van der Waals surface area contributed by atoms with Gasteiger partial charge in [0.15, 0.2) is 0 Å². The maximum Gasteiger partial charge on any atom is 0.330 e. The number of benzene rings is 1. The predicted octanol–water partition coefficient (Wildman–Crippen LogP) is 1.66. The first-order chi connectivity index (χ1) is 9.65. The van der Waals surface area contributed by atoms with Crippen LogP contribution in [0.15, 0.2) is 22.7 Å². The topological polar surface area (TPSA) is 65.4 Å². The molecule has 0 spiro atoms. The Balaban J connectivity index is 2.30. The van der Waals surface area contributed by atoms with Gasteiger partial charge in [-0.05, 0) is 25.1 Å². The van der Waals surface area contributed by atoms with Gasteiger partial charge in [0.2, 0.25) is 0 Å². The number of halogens is 1. The fourth-order valence-corrected chi connectivity index (χ4v) is 2.75. The van der Waals surface area contributed by atoms with Crippen molar-refractivity contribution >= 4 is 27.6 Å². The third-order valence-electron chi connectivity index (χ3n) is 3.15. The lowest BCUT2D eigenvalue weighted by Crippen LogP contribution is -2.55. The van der Waals surface area contributed by atoms with Crippen molar-refractivity contribution in [3.05, 3.63) is 28.2 Å². The summed E-state index contributed by atoms with van der Waals surface area (Å²) in [4.78, 5) is 14.0. The number of nitriles is 1. The van der Waals surface area contributed by atoms with E-state index in [0.717, 1.165) is 16.7 Å². The second kappa shape index (κ2) is 6.73.